The van der Waals surface area contributed by atoms with Crippen molar-refractivity contribution >= 4 is 5.91 Å². The Balaban J connectivity index is 1.40. The molecule has 0 bridgehead atoms. The van der Waals surface area contributed by atoms with E-state index in [1.807, 2.05) is 30.3 Å². The van der Waals surface area contributed by atoms with Crippen LogP contribution in [0, 0.1) is 12.8 Å². The summed E-state index contributed by atoms with van der Waals surface area (Å²) in [5, 5.41) is 10.8. The van der Waals surface area contributed by atoms with Crippen molar-refractivity contribution in [1.29, 1.82) is 0 Å². The third kappa shape index (κ3) is 3.44. The maximum absolute atomic E-state index is 12.5. The lowest BCUT2D eigenvalue weighted by Crippen LogP contribution is -2.34. The van der Waals surface area contributed by atoms with Gasteiger partial charge in [-0.15, -0.1) is 10.2 Å². The Morgan fingerprint density at radius 3 is 2.92 bits per heavy atom. The molecule has 6 heteroatoms. The van der Waals surface area contributed by atoms with Crippen LogP contribution in [0.3, 0.4) is 0 Å². The number of carbonyl (C=O) groups excluding carboxylic acids is 1. The molecule has 2 heterocycles. The molecule has 1 amide bonds. The van der Waals surface area contributed by atoms with Gasteiger partial charge >= 0.3 is 0 Å². The standard InChI is InChI=1S/C20H19N3O3/c1-13-22-23-20(26-13)17-7-4-6-16(10-17)19(24)21-11-14-9-15-5-2-3-8-18(15)25-12-14/h2-8,10,14H,9,11-12H2,1H3,(H,21,24). The van der Waals surface area contributed by atoms with E-state index >= 15 is 0 Å². The molecule has 3 aromatic rings. The van der Waals surface area contributed by atoms with Gasteiger partial charge in [-0.25, -0.2) is 0 Å². The highest BCUT2D eigenvalue weighted by atomic mass is 16.5. The highest BCUT2D eigenvalue weighted by molar-refractivity contribution is 5.95. The van der Waals surface area contributed by atoms with Gasteiger partial charge in [-0.3, -0.25) is 4.79 Å². The minimum atomic E-state index is -0.123. The van der Waals surface area contributed by atoms with Gasteiger partial charge in [0.2, 0.25) is 11.8 Å². The molecule has 1 atom stereocenters. The number of ether oxygens (including phenoxy) is 1. The molecule has 6 nitrogen and oxygen atoms in total. The summed E-state index contributed by atoms with van der Waals surface area (Å²) in [6, 6.07) is 15.2. The number of nitrogens with zero attached hydrogens (tertiary/aromatic N) is 2. The smallest absolute Gasteiger partial charge is 0.251 e. The predicted molar refractivity (Wildman–Crippen MR) is 95.9 cm³/mol. The first-order chi connectivity index (χ1) is 12.7. The number of benzene rings is 2. The lowest BCUT2D eigenvalue weighted by atomic mass is 9.96. The van der Waals surface area contributed by atoms with Crippen LogP contribution in [0.2, 0.25) is 0 Å². The summed E-state index contributed by atoms with van der Waals surface area (Å²) in [6.45, 7) is 2.91. The van der Waals surface area contributed by atoms with Crippen LogP contribution < -0.4 is 10.1 Å². The number of hydrogen-bond donors (Lipinski definition) is 1. The number of aryl methyl sites for hydroxylation is 1. The minimum Gasteiger partial charge on any atom is -0.493 e. The van der Waals surface area contributed by atoms with Gasteiger partial charge in [0.15, 0.2) is 0 Å². The summed E-state index contributed by atoms with van der Waals surface area (Å²) >= 11 is 0. The Labute approximate surface area is 151 Å². The maximum Gasteiger partial charge on any atom is 0.251 e. The molecule has 1 aromatic heterocycles. The molecule has 1 aliphatic heterocycles. The second-order valence-electron chi connectivity index (χ2n) is 6.41. The fraction of sp³-hybridized carbons (Fsp3) is 0.250. The molecule has 0 fully saturated rings. The first-order valence-electron chi connectivity index (χ1n) is 8.58. The van der Waals surface area contributed by atoms with Crippen LogP contribution in [0.5, 0.6) is 5.75 Å². The number of fused-ring (bicyclic) bond motifs is 1. The number of amides is 1. The quantitative estimate of drug-likeness (QED) is 0.783. The van der Waals surface area contributed by atoms with Crippen LogP contribution in [0.1, 0.15) is 21.8 Å². The lowest BCUT2D eigenvalue weighted by molar-refractivity contribution is 0.0939. The molecule has 1 aliphatic rings. The van der Waals surface area contributed by atoms with E-state index < -0.39 is 0 Å². The van der Waals surface area contributed by atoms with Gasteiger partial charge in [0.05, 0.1) is 6.61 Å². The van der Waals surface area contributed by atoms with E-state index in [1.165, 1.54) is 5.56 Å². The molecule has 0 aliphatic carbocycles. The number of hydrogen-bond acceptors (Lipinski definition) is 5. The first kappa shape index (κ1) is 16.3. The highest BCUT2D eigenvalue weighted by Crippen LogP contribution is 2.26. The first-order valence-corrected chi connectivity index (χ1v) is 8.58. The van der Waals surface area contributed by atoms with Crippen LogP contribution in [0.4, 0.5) is 0 Å². The summed E-state index contributed by atoms with van der Waals surface area (Å²) < 4.78 is 11.2. The van der Waals surface area contributed by atoms with Crippen molar-refractivity contribution in [2.24, 2.45) is 5.92 Å². The van der Waals surface area contributed by atoms with E-state index in [4.69, 9.17) is 9.15 Å². The van der Waals surface area contributed by atoms with Crippen molar-refractivity contribution in [3.05, 3.63) is 65.5 Å². The third-order valence-electron chi connectivity index (χ3n) is 4.40. The average Bonchev–Trinajstić information content (AvgIpc) is 3.12. The van der Waals surface area contributed by atoms with E-state index in [-0.39, 0.29) is 11.8 Å². The summed E-state index contributed by atoms with van der Waals surface area (Å²) in [7, 11) is 0. The number of para-hydroxylation sites is 1. The van der Waals surface area contributed by atoms with E-state index in [9.17, 15) is 4.79 Å². The third-order valence-corrected chi connectivity index (χ3v) is 4.40. The van der Waals surface area contributed by atoms with Crippen molar-refractivity contribution in [3.63, 3.8) is 0 Å². The average molecular weight is 349 g/mol. The molecule has 0 saturated carbocycles. The number of aromatic nitrogens is 2. The fourth-order valence-corrected chi connectivity index (χ4v) is 3.07. The zero-order valence-electron chi connectivity index (χ0n) is 14.4. The monoisotopic (exact) mass is 349 g/mol. The molecule has 132 valence electrons. The zero-order valence-corrected chi connectivity index (χ0v) is 14.4. The topological polar surface area (TPSA) is 77.2 Å². The molecule has 2 aromatic carbocycles. The Morgan fingerprint density at radius 1 is 1.19 bits per heavy atom. The van der Waals surface area contributed by atoms with Crippen molar-refractivity contribution in [1.82, 2.24) is 15.5 Å². The van der Waals surface area contributed by atoms with Crippen LogP contribution in [0.25, 0.3) is 11.5 Å². The van der Waals surface area contributed by atoms with Crippen LogP contribution in [-0.4, -0.2) is 29.3 Å². The van der Waals surface area contributed by atoms with Crippen molar-refractivity contribution in [2.45, 2.75) is 13.3 Å². The summed E-state index contributed by atoms with van der Waals surface area (Å²) in [5.41, 5.74) is 2.48. The fourth-order valence-electron chi connectivity index (χ4n) is 3.07. The normalized spacial score (nSPS) is 15.8. The molecular formula is C20H19N3O3. The van der Waals surface area contributed by atoms with Gasteiger partial charge in [0.25, 0.3) is 5.91 Å². The van der Waals surface area contributed by atoms with Crippen molar-refractivity contribution < 1.29 is 13.9 Å². The molecule has 0 saturated heterocycles. The second-order valence-corrected chi connectivity index (χ2v) is 6.41. The van der Waals surface area contributed by atoms with E-state index in [0.29, 0.717) is 30.5 Å². The van der Waals surface area contributed by atoms with E-state index in [1.54, 1.807) is 19.1 Å². The SMILES string of the molecule is Cc1nnc(-c2cccc(C(=O)NCC3COc4ccccc4C3)c2)o1. The molecular weight excluding hydrogens is 330 g/mol. The highest BCUT2D eigenvalue weighted by Gasteiger charge is 2.20. The minimum absolute atomic E-state index is 0.123. The predicted octanol–water partition coefficient (Wildman–Crippen LogP) is 3.03. The Bertz CT molecular complexity index is 935. The van der Waals surface area contributed by atoms with Gasteiger partial charge in [0, 0.05) is 30.5 Å². The summed E-state index contributed by atoms with van der Waals surface area (Å²) in [6.07, 6.45) is 0.901. The summed E-state index contributed by atoms with van der Waals surface area (Å²) in [4.78, 5) is 12.5. The Morgan fingerprint density at radius 2 is 2.08 bits per heavy atom. The Hall–Kier alpha value is -3.15. The number of nitrogens with one attached hydrogen (secondary N) is 1. The van der Waals surface area contributed by atoms with Gasteiger partial charge in [-0.2, -0.15) is 0 Å². The molecule has 4 rings (SSSR count). The molecule has 26 heavy (non-hydrogen) atoms. The van der Waals surface area contributed by atoms with Crippen LogP contribution >= 0.6 is 0 Å². The van der Waals surface area contributed by atoms with Gasteiger partial charge in [-0.1, -0.05) is 24.3 Å². The maximum atomic E-state index is 12.5. The molecule has 1 unspecified atom stereocenters. The second kappa shape index (κ2) is 7.00. The van der Waals surface area contributed by atoms with Gasteiger partial charge in [0.1, 0.15) is 5.75 Å². The van der Waals surface area contributed by atoms with Gasteiger partial charge < -0.3 is 14.5 Å². The molecule has 0 spiro atoms. The Kier molecular flexibility index (Phi) is 4.39. The largest absolute Gasteiger partial charge is 0.493 e. The lowest BCUT2D eigenvalue weighted by Gasteiger charge is -2.25. The number of carbonyl (C=O) groups is 1. The van der Waals surface area contributed by atoms with Gasteiger partial charge in [-0.05, 0) is 36.2 Å². The molecule has 0 radical (unpaired) electrons. The zero-order chi connectivity index (χ0) is 17.9. The van der Waals surface area contributed by atoms with E-state index in [2.05, 4.69) is 21.6 Å². The van der Waals surface area contributed by atoms with Crippen LogP contribution in [0.15, 0.2) is 52.9 Å². The number of rotatable bonds is 4. The summed E-state index contributed by atoms with van der Waals surface area (Å²) in [5.74, 6) is 1.98. The van der Waals surface area contributed by atoms with Crippen molar-refractivity contribution in [3.8, 4) is 17.2 Å². The van der Waals surface area contributed by atoms with E-state index in [0.717, 1.165) is 17.7 Å². The molecule has 1 N–H and O–H groups in total. The van der Waals surface area contributed by atoms with Crippen LogP contribution in [-0.2, 0) is 6.42 Å². The van der Waals surface area contributed by atoms with Crippen molar-refractivity contribution in [2.75, 3.05) is 13.2 Å².